The largest absolute Gasteiger partial charge is 0.352 e. The first kappa shape index (κ1) is 21.1. The maximum Gasteiger partial charge on any atom is 0.262 e. The normalized spacial score (nSPS) is 11.1. The van der Waals surface area contributed by atoms with Gasteiger partial charge in [0.2, 0.25) is 0 Å². The Bertz CT molecular complexity index is 1140. The lowest BCUT2D eigenvalue weighted by Crippen LogP contribution is -2.28. The number of rotatable bonds is 7. The van der Waals surface area contributed by atoms with E-state index in [0.717, 1.165) is 5.56 Å². The van der Waals surface area contributed by atoms with Crippen molar-refractivity contribution >= 4 is 44.8 Å². The van der Waals surface area contributed by atoms with Gasteiger partial charge in [-0.05, 0) is 36.2 Å². The summed E-state index contributed by atoms with van der Waals surface area (Å²) in [5.41, 5.74) is 1.13. The molecule has 0 aliphatic carbocycles. The molecule has 0 spiro atoms. The van der Waals surface area contributed by atoms with Crippen LogP contribution in [0, 0.1) is 0 Å². The van der Waals surface area contributed by atoms with Crippen LogP contribution in [0.2, 0.25) is 10.0 Å². The van der Waals surface area contributed by atoms with Gasteiger partial charge in [-0.1, -0.05) is 53.5 Å². The molecule has 0 unspecified atom stereocenters. The summed E-state index contributed by atoms with van der Waals surface area (Å²) in [6.07, 6.45) is 3.24. The number of nitrogens with one attached hydrogen (secondary N) is 2. The fourth-order valence-electron chi connectivity index (χ4n) is 2.67. The molecule has 2 aromatic carbocycles. The third-order valence-corrected chi connectivity index (χ3v) is 6.03. The van der Waals surface area contributed by atoms with Gasteiger partial charge in [-0.3, -0.25) is 14.5 Å². The van der Waals surface area contributed by atoms with Crippen molar-refractivity contribution in [3.05, 3.63) is 88.2 Å². The Hall–Kier alpha value is -2.61. The van der Waals surface area contributed by atoms with Crippen LogP contribution in [-0.4, -0.2) is 25.9 Å². The number of carbonyl (C=O) groups excluding carboxylic acids is 1. The lowest BCUT2D eigenvalue weighted by molar-refractivity contribution is 0.0951. The third kappa shape index (κ3) is 5.47. The summed E-state index contributed by atoms with van der Waals surface area (Å²) in [6, 6.07) is 14.7. The number of hydrogen-bond acceptors (Lipinski definition) is 4. The van der Waals surface area contributed by atoms with Crippen LogP contribution in [0.25, 0.3) is 0 Å². The highest BCUT2D eigenvalue weighted by molar-refractivity contribution is 7.92. The summed E-state index contributed by atoms with van der Waals surface area (Å²) in [6.45, 7) is 0.308. The number of amides is 1. The Labute approximate surface area is 178 Å². The molecule has 0 bridgehead atoms. The highest BCUT2D eigenvalue weighted by atomic mass is 35.5. The van der Waals surface area contributed by atoms with Gasteiger partial charge in [-0.15, -0.1) is 0 Å². The van der Waals surface area contributed by atoms with Crippen molar-refractivity contribution in [2.75, 3.05) is 11.3 Å². The van der Waals surface area contributed by atoms with Gasteiger partial charge in [0.15, 0.2) is 0 Å². The van der Waals surface area contributed by atoms with E-state index in [0.29, 0.717) is 18.0 Å². The summed E-state index contributed by atoms with van der Waals surface area (Å²) < 4.78 is 28.0. The molecule has 0 aliphatic heterocycles. The van der Waals surface area contributed by atoms with Crippen molar-refractivity contribution in [2.45, 2.75) is 11.3 Å². The predicted octanol–water partition coefficient (Wildman–Crippen LogP) is 4.16. The topological polar surface area (TPSA) is 88.2 Å². The van der Waals surface area contributed by atoms with E-state index < -0.39 is 15.9 Å². The molecule has 0 fully saturated rings. The number of aromatic nitrogens is 1. The molecular weight excluding hydrogens is 433 g/mol. The number of carbonyl (C=O) groups is 1. The lowest BCUT2D eigenvalue weighted by Gasteiger charge is -2.13. The maximum atomic E-state index is 12.8. The third-order valence-electron chi connectivity index (χ3n) is 4.02. The van der Waals surface area contributed by atoms with Crippen LogP contribution in [0.15, 0.2) is 71.9 Å². The standard InChI is InChI=1S/C20H17Cl2N3O3S/c21-15-11-16(13-23-12-15)25-29(27,28)19-8-4-2-6-17(19)20(26)24-10-9-14-5-1-3-7-18(14)22/h1-8,11-13,25H,9-10H2,(H,24,26). The van der Waals surface area contributed by atoms with Crippen LogP contribution in [0.4, 0.5) is 5.69 Å². The second-order valence-corrected chi connectivity index (χ2v) is 8.59. The van der Waals surface area contributed by atoms with Crippen LogP contribution < -0.4 is 10.0 Å². The van der Waals surface area contributed by atoms with Crippen LogP contribution in [0.1, 0.15) is 15.9 Å². The zero-order valence-electron chi connectivity index (χ0n) is 15.1. The van der Waals surface area contributed by atoms with Gasteiger partial charge in [0, 0.05) is 17.8 Å². The van der Waals surface area contributed by atoms with Crippen LogP contribution in [0.3, 0.4) is 0 Å². The molecule has 1 amide bonds. The zero-order chi connectivity index (χ0) is 20.9. The van der Waals surface area contributed by atoms with E-state index in [4.69, 9.17) is 23.2 Å². The molecule has 6 nitrogen and oxygen atoms in total. The fraction of sp³-hybridized carbons (Fsp3) is 0.100. The molecule has 9 heteroatoms. The number of nitrogens with zero attached hydrogens (tertiary/aromatic N) is 1. The second kappa shape index (κ2) is 9.26. The molecule has 1 heterocycles. The number of halogens is 2. The summed E-state index contributed by atoms with van der Waals surface area (Å²) in [7, 11) is -4.02. The quantitative estimate of drug-likeness (QED) is 0.566. The average Bonchev–Trinajstić information content (AvgIpc) is 2.69. The van der Waals surface area contributed by atoms with Gasteiger partial charge >= 0.3 is 0 Å². The van der Waals surface area contributed by atoms with Crippen LogP contribution in [-0.2, 0) is 16.4 Å². The van der Waals surface area contributed by atoms with Crippen molar-refractivity contribution in [2.24, 2.45) is 0 Å². The van der Waals surface area contributed by atoms with Crippen molar-refractivity contribution in [1.82, 2.24) is 10.3 Å². The predicted molar refractivity (Wildman–Crippen MR) is 114 cm³/mol. The van der Waals surface area contributed by atoms with Crippen molar-refractivity contribution in [3.63, 3.8) is 0 Å². The number of hydrogen-bond donors (Lipinski definition) is 2. The van der Waals surface area contributed by atoms with Crippen molar-refractivity contribution < 1.29 is 13.2 Å². The minimum Gasteiger partial charge on any atom is -0.352 e. The smallest absolute Gasteiger partial charge is 0.262 e. The first-order chi connectivity index (χ1) is 13.9. The molecule has 3 aromatic rings. The Morgan fingerprint density at radius 3 is 2.48 bits per heavy atom. The van der Waals surface area contributed by atoms with Crippen molar-refractivity contribution in [3.8, 4) is 0 Å². The molecule has 150 valence electrons. The monoisotopic (exact) mass is 449 g/mol. The fourth-order valence-corrected chi connectivity index (χ4v) is 4.32. The SMILES string of the molecule is O=C(NCCc1ccccc1Cl)c1ccccc1S(=O)(=O)Nc1cncc(Cl)c1. The van der Waals surface area contributed by atoms with E-state index in [1.165, 1.54) is 30.6 Å². The molecule has 0 atom stereocenters. The maximum absolute atomic E-state index is 12.8. The van der Waals surface area contributed by atoms with Gasteiger partial charge in [-0.2, -0.15) is 0 Å². The van der Waals surface area contributed by atoms with Gasteiger partial charge in [0.1, 0.15) is 4.90 Å². The van der Waals surface area contributed by atoms with E-state index >= 15 is 0 Å². The minimum atomic E-state index is -4.02. The first-order valence-electron chi connectivity index (χ1n) is 8.61. The second-order valence-electron chi connectivity index (χ2n) is 6.09. The molecule has 0 aliphatic rings. The number of benzene rings is 2. The molecular formula is C20H17Cl2N3O3S. The Morgan fingerprint density at radius 1 is 1.00 bits per heavy atom. The van der Waals surface area contributed by atoms with Crippen molar-refractivity contribution in [1.29, 1.82) is 0 Å². The van der Waals surface area contributed by atoms with E-state index in [9.17, 15) is 13.2 Å². The van der Waals surface area contributed by atoms with E-state index in [1.54, 1.807) is 18.2 Å². The number of sulfonamides is 1. The molecule has 1 aromatic heterocycles. The van der Waals surface area contributed by atoms with Gasteiger partial charge in [0.25, 0.3) is 15.9 Å². The number of pyridine rings is 1. The van der Waals surface area contributed by atoms with Gasteiger partial charge in [-0.25, -0.2) is 8.42 Å². The van der Waals surface area contributed by atoms with E-state index in [1.807, 2.05) is 18.2 Å². The zero-order valence-corrected chi connectivity index (χ0v) is 17.4. The van der Waals surface area contributed by atoms with E-state index in [2.05, 4.69) is 15.0 Å². The van der Waals surface area contributed by atoms with Crippen LogP contribution >= 0.6 is 23.2 Å². The summed E-state index contributed by atoms with van der Waals surface area (Å²) in [5, 5.41) is 3.64. The Kier molecular flexibility index (Phi) is 6.74. The molecule has 0 saturated carbocycles. The summed E-state index contributed by atoms with van der Waals surface area (Å²) >= 11 is 12.0. The average molecular weight is 450 g/mol. The molecule has 3 rings (SSSR count). The lowest BCUT2D eigenvalue weighted by atomic mass is 10.1. The molecule has 0 saturated heterocycles. The van der Waals surface area contributed by atoms with Gasteiger partial charge < -0.3 is 5.32 Å². The highest BCUT2D eigenvalue weighted by Crippen LogP contribution is 2.21. The summed E-state index contributed by atoms with van der Waals surface area (Å²) in [5.74, 6) is -0.498. The van der Waals surface area contributed by atoms with E-state index in [-0.39, 0.29) is 21.2 Å². The highest BCUT2D eigenvalue weighted by Gasteiger charge is 2.22. The Balaban J connectivity index is 1.75. The Morgan fingerprint density at radius 2 is 1.72 bits per heavy atom. The minimum absolute atomic E-state index is 0.0362. The van der Waals surface area contributed by atoms with Crippen LogP contribution in [0.5, 0.6) is 0 Å². The van der Waals surface area contributed by atoms with Gasteiger partial charge in [0.05, 0.1) is 22.5 Å². The number of anilines is 1. The molecule has 2 N–H and O–H groups in total. The molecule has 0 radical (unpaired) electrons. The molecule has 29 heavy (non-hydrogen) atoms. The first-order valence-corrected chi connectivity index (χ1v) is 10.8. The summed E-state index contributed by atoms with van der Waals surface area (Å²) in [4.78, 5) is 16.3.